The molecular formula is C23H18N6O. The summed E-state index contributed by atoms with van der Waals surface area (Å²) >= 11 is 0. The number of aromatic amines is 2. The van der Waals surface area contributed by atoms with E-state index in [4.69, 9.17) is 0 Å². The Hall–Kier alpha value is -4.26. The van der Waals surface area contributed by atoms with Gasteiger partial charge >= 0.3 is 5.69 Å². The van der Waals surface area contributed by atoms with Crippen molar-refractivity contribution in [3.8, 4) is 11.3 Å². The van der Waals surface area contributed by atoms with Crippen LogP contribution in [0.5, 0.6) is 0 Å². The number of rotatable bonds is 5. The van der Waals surface area contributed by atoms with Gasteiger partial charge in [-0.25, -0.2) is 4.79 Å². The van der Waals surface area contributed by atoms with Crippen LogP contribution in [0.3, 0.4) is 0 Å². The SMILES string of the molecule is O=c1[nH]c2ccc(-c3ncccc3CN(c3cccnc3)c3cccnc3)cc2[nH]1. The van der Waals surface area contributed by atoms with E-state index in [0.717, 1.165) is 39.2 Å². The molecule has 0 unspecified atom stereocenters. The second-order valence-electron chi connectivity index (χ2n) is 6.86. The van der Waals surface area contributed by atoms with Gasteiger partial charge in [0.2, 0.25) is 0 Å². The number of hydrogen-bond donors (Lipinski definition) is 2. The Bertz CT molecular complexity index is 1310. The Balaban J connectivity index is 1.58. The molecule has 4 aromatic heterocycles. The smallest absolute Gasteiger partial charge is 0.323 e. The van der Waals surface area contributed by atoms with Crippen molar-refractivity contribution < 1.29 is 0 Å². The van der Waals surface area contributed by atoms with Crippen molar-refractivity contribution in [3.63, 3.8) is 0 Å². The fraction of sp³-hybridized carbons (Fsp3) is 0.0435. The highest BCUT2D eigenvalue weighted by Gasteiger charge is 2.15. The van der Waals surface area contributed by atoms with Crippen molar-refractivity contribution in [1.29, 1.82) is 0 Å². The summed E-state index contributed by atoms with van der Waals surface area (Å²) in [7, 11) is 0. The van der Waals surface area contributed by atoms with E-state index in [0.29, 0.717) is 6.54 Å². The van der Waals surface area contributed by atoms with Crippen LogP contribution in [0.2, 0.25) is 0 Å². The minimum absolute atomic E-state index is 0.220. The van der Waals surface area contributed by atoms with E-state index in [-0.39, 0.29) is 5.69 Å². The zero-order chi connectivity index (χ0) is 20.3. The highest BCUT2D eigenvalue weighted by atomic mass is 16.1. The van der Waals surface area contributed by atoms with Gasteiger partial charge in [0, 0.05) is 24.2 Å². The number of aromatic nitrogens is 5. The van der Waals surface area contributed by atoms with Crippen molar-refractivity contribution in [3.05, 3.63) is 102 Å². The predicted molar refractivity (Wildman–Crippen MR) is 116 cm³/mol. The summed E-state index contributed by atoms with van der Waals surface area (Å²) in [4.78, 5) is 32.5. The number of nitrogens with zero attached hydrogens (tertiary/aromatic N) is 4. The monoisotopic (exact) mass is 394 g/mol. The summed E-state index contributed by atoms with van der Waals surface area (Å²) in [5.74, 6) is 0. The largest absolute Gasteiger partial charge is 0.334 e. The fourth-order valence-electron chi connectivity index (χ4n) is 3.53. The number of hydrogen-bond acceptors (Lipinski definition) is 5. The van der Waals surface area contributed by atoms with Crippen LogP contribution in [0, 0.1) is 0 Å². The van der Waals surface area contributed by atoms with Crippen molar-refractivity contribution in [1.82, 2.24) is 24.9 Å². The third-order valence-corrected chi connectivity index (χ3v) is 4.92. The predicted octanol–water partition coefficient (Wildman–Crippen LogP) is 4.05. The molecule has 0 spiro atoms. The Morgan fingerprint density at radius 1 is 0.800 bits per heavy atom. The van der Waals surface area contributed by atoms with E-state index in [2.05, 4.69) is 35.9 Å². The average Bonchev–Trinajstić information content (AvgIpc) is 3.18. The second kappa shape index (κ2) is 7.63. The molecule has 0 aliphatic carbocycles. The zero-order valence-corrected chi connectivity index (χ0v) is 16.0. The van der Waals surface area contributed by atoms with Crippen molar-refractivity contribution in [2.45, 2.75) is 6.54 Å². The molecule has 0 aliphatic heterocycles. The van der Waals surface area contributed by atoms with Gasteiger partial charge in [-0.3, -0.25) is 15.0 Å². The van der Waals surface area contributed by atoms with Gasteiger partial charge in [0.1, 0.15) is 0 Å². The first-order chi connectivity index (χ1) is 14.8. The quantitative estimate of drug-likeness (QED) is 0.469. The van der Waals surface area contributed by atoms with Crippen LogP contribution in [0.15, 0.2) is 90.4 Å². The van der Waals surface area contributed by atoms with E-state index in [1.807, 2.05) is 60.9 Å². The molecule has 0 bridgehead atoms. The minimum Gasteiger partial charge on any atom is -0.334 e. The first kappa shape index (κ1) is 17.8. The molecule has 7 nitrogen and oxygen atoms in total. The first-order valence-corrected chi connectivity index (χ1v) is 9.52. The van der Waals surface area contributed by atoms with Crippen LogP contribution in [-0.2, 0) is 6.54 Å². The maximum atomic E-state index is 11.6. The molecule has 0 saturated carbocycles. The molecule has 0 atom stereocenters. The Morgan fingerprint density at radius 2 is 1.50 bits per heavy atom. The summed E-state index contributed by atoms with van der Waals surface area (Å²) in [6, 6.07) is 17.7. The van der Waals surface area contributed by atoms with E-state index in [9.17, 15) is 4.79 Å². The molecular weight excluding hydrogens is 376 g/mol. The van der Waals surface area contributed by atoms with Gasteiger partial charge in [0.25, 0.3) is 0 Å². The Labute approximate surface area is 172 Å². The second-order valence-corrected chi connectivity index (χ2v) is 6.86. The summed E-state index contributed by atoms with van der Waals surface area (Å²) < 4.78 is 0. The lowest BCUT2D eigenvalue weighted by Gasteiger charge is -2.25. The summed E-state index contributed by atoms with van der Waals surface area (Å²) in [5, 5.41) is 0. The number of pyridine rings is 3. The fourth-order valence-corrected chi connectivity index (χ4v) is 3.53. The molecule has 0 aliphatic rings. The van der Waals surface area contributed by atoms with Gasteiger partial charge in [0.05, 0.1) is 47.0 Å². The molecule has 2 N–H and O–H groups in total. The molecule has 0 amide bonds. The van der Waals surface area contributed by atoms with Gasteiger partial charge in [0.15, 0.2) is 0 Å². The summed E-state index contributed by atoms with van der Waals surface area (Å²) in [6.07, 6.45) is 8.96. The van der Waals surface area contributed by atoms with Crippen LogP contribution >= 0.6 is 0 Å². The van der Waals surface area contributed by atoms with Crippen molar-refractivity contribution >= 4 is 22.4 Å². The molecule has 7 heteroatoms. The van der Waals surface area contributed by atoms with E-state index in [1.165, 1.54) is 0 Å². The van der Waals surface area contributed by atoms with Gasteiger partial charge in [-0.05, 0) is 48.0 Å². The van der Waals surface area contributed by atoms with Crippen LogP contribution < -0.4 is 10.6 Å². The first-order valence-electron chi connectivity index (χ1n) is 9.52. The molecule has 5 rings (SSSR count). The zero-order valence-electron chi connectivity index (χ0n) is 16.0. The lowest BCUT2D eigenvalue weighted by molar-refractivity contribution is 0.956. The highest BCUT2D eigenvalue weighted by molar-refractivity contribution is 5.81. The number of benzene rings is 1. The lowest BCUT2D eigenvalue weighted by Crippen LogP contribution is -2.17. The van der Waals surface area contributed by atoms with Gasteiger partial charge in [-0.2, -0.15) is 0 Å². The third kappa shape index (κ3) is 3.44. The standard InChI is InChI=1S/C23H18N6O/c30-23-27-20-8-7-16(12-21(20)28-23)22-17(4-1-11-26-22)15-29(18-5-2-9-24-13-18)19-6-3-10-25-14-19/h1-14H,15H2,(H2,27,28,30). The molecule has 146 valence electrons. The lowest BCUT2D eigenvalue weighted by atomic mass is 10.0. The molecule has 4 heterocycles. The maximum absolute atomic E-state index is 11.6. The van der Waals surface area contributed by atoms with Crippen LogP contribution in [0.25, 0.3) is 22.3 Å². The van der Waals surface area contributed by atoms with E-state index in [1.54, 1.807) is 18.6 Å². The Kier molecular flexibility index (Phi) is 4.53. The third-order valence-electron chi connectivity index (χ3n) is 4.92. The molecule has 5 aromatic rings. The molecule has 0 saturated heterocycles. The van der Waals surface area contributed by atoms with E-state index >= 15 is 0 Å². The maximum Gasteiger partial charge on any atom is 0.323 e. The van der Waals surface area contributed by atoms with E-state index < -0.39 is 0 Å². The molecule has 30 heavy (non-hydrogen) atoms. The van der Waals surface area contributed by atoms with Gasteiger partial charge < -0.3 is 14.9 Å². The number of anilines is 2. The average molecular weight is 394 g/mol. The van der Waals surface area contributed by atoms with Gasteiger partial charge in [-0.1, -0.05) is 12.1 Å². The highest BCUT2D eigenvalue weighted by Crippen LogP contribution is 2.30. The minimum atomic E-state index is -0.220. The molecule has 0 fully saturated rings. The van der Waals surface area contributed by atoms with Crippen LogP contribution in [-0.4, -0.2) is 24.9 Å². The molecule has 0 radical (unpaired) electrons. The summed E-state index contributed by atoms with van der Waals surface area (Å²) in [6.45, 7) is 0.586. The van der Waals surface area contributed by atoms with Gasteiger partial charge in [-0.15, -0.1) is 0 Å². The number of fused-ring (bicyclic) bond motifs is 1. The van der Waals surface area contributed by atoms with Crippen LogP contribution in [0.1, 0.15) is 5.56 Å². The number of H-pyrrole nitrogens is 2. The van der Waals surface area contributed by atoms with Crippen molar-refractivity contribution in [2.75, 3.05) is 4.90 Å². The number of imidazole rings is 1. The Morgan fingerprint density at radius 3 is 2.20 bits per heavy atom. The van der Waals surface area contributed by atoms with Crippen LogP contribution in [0.4, 0.5) is 11.4 Å². The summed E-state index contributed by atoms with van der Waals surface area (Å²) in [5.41, 5.74) is 6.07. The molecule has 1 aromatic carbocycles. The topological polar surface area (TPSA) is 90.6 Å². The van der Waals surface area contributed by atoms with Crippen molar-refractivity contribution in [2.24, 2.45) is 0 Å². The normalized spacial score (nSPS) is 10.9. The number of nitrogens with one attached hydrogen (secondary N) is 2.